The summed E-state index contributed by atoms with van der Waals surface area (Å²) in [5.41, 5.74) is 2.09. The van der Waals surface area contributed by atoms with Gasteiger partial charge in [0.25, 0.3) is 5.91 Å². The Morgan fingerprint density at radius 2 is 1.82 bits per heavy atom. The first-order valence-electron chi connectivity index (χ1n) is 11.5. The van der Waals surface area contributed by atoms with Crippen molar-refractivity contribution in [1.29, 1.82) is 0 Å². The van der Waals surface area contributed by atoms with Gasteiger partial charge in [-0.1, -0.05) is 32.4 Å². The number of rotatable bonds is 8. The van der Waals surface area contributed by atoms with E-state index in [2.05, 4.69) is 41.1 Å². The topological polar surface area (TPSA) is 35.6 Å². The number of hydrogen-bond acceptors (Lipinski definition) is 3. The molecule has 3 rings (SSSR count). The van der Waals surface area contributed by atoms with Gasteiger partial charge in [-0.2, -0.15) is 0 Å². The highest BCUT2D eigenvalue weighted by Crippen LogP contribution is 2.20. The molecule has 28 heavy (non-hydrogen) atoms. The van der Waals surface area contributed by atoms with E-state index in [0.717, 1.165) is 43.6 Å². The van der Waals surface area contributed by atoms with Crippen LogP contribution in [-0.4, -0.2) is 54.5 Å². The van der Waals surface area contributed by atoms with Gasteiger partial charge >= 0.3 is 0 Å². The van der Waals surface area contributed by atoms with Crippen molar-refractivity contribution >= 4 is 5.91 Å². The second-order valence-corrected chi connectivity index (χ2v) is 8.86. The van der Waals surface area contributed by atoms with Crippen LogP contribution in [0, 0.1) is 5.92 Å². The minimum absolute atomic E-state index is 0.0593. The van der Waals surface area contributed by atoms with Crippen molar-refractivity contribution in [2.45, 2.75) is 71.4 Å². The van der Waals surface area contributed by atoms with E-state index in [-0.39, 0.29) is 5.91 Å². The van der Waals surface area contributed by atoms with Gasteiger partial charge in [0, 0.05) is 31.2 Å². The number of benzene rings is 1. The van der Waals surface area contributed by atoms with Crippen molar-refractivity contribution < 1.29 is 4.79 Å². The lowest BCUT2D eigenvalue weighted by Gasteiger charge is -2.35. The number of carbonyl (C=O) groups is 1. The maximum atomic E-state index is 12.4. The lowest BCUT2D eigenvalue weighted by molar-refractivity contribution is 0.0947. The molecule has 2 fully saturated rings. The number of nitrogens with one attached hydrogen (secondary N) is 1. The predicted octanol–water partition coefficient (Wildman–Crippen LogP) is 4.30. The van der Waals surface area contributed by atoms with E-state index < -0.39 is 0 Å². The van der Waals surface area contributed by atoms with Gasteiger partial charge in [-0.3, -0.25) is 9.69 Å². The number of carbonyl (C=O) groups excluding carboxylic acids is 1. The average Bonchev–Trinajstić information content (AvgIpc) is 2.73. The van der Waals surface area contributed by atoms with Gasteiger partial charge in [-0.05, 0) is 81.8 Å². The Hall–Kier alpha value is -1.39. The van der Waals surface area contributed by atoms with Crippen LogP contribution in [0.25, 0.3) is 0 Å². The zero-order valence-electron chi connectivity index (χ0n) is 18.0. The zero-order chi connectivity index (χ0) is 19.8. The molecule has 1 aromatic carbocycles. The molecule has 0 radical (unpaired) electrons. The SMILES string of the molecule is CCC1CCCCN1CCCNC(=O)c1ccc(CN2CCC(C)CC2)cc1. The van der Waals surface area contributed by atoms with Crippen molar-refractivity contribution in [2.75, 3.05) is 32.7 Å². The Labute approximate surface area is 171 Å². The smallest absolute Gasteiger partial charge is 0.251 e. The molecule has 2 aliphatic rings. The van der Waals surface area contributed by atoms with Crippen LogP contribution >= 0.6 is 0 Å². The molecule has 0 aromatic heterocycles. The standard InChI is InChI=1S/C24H39N3O/c1-3-23-7-4-5-15-27(23)16-6-14-25-24(28)22-10-8-21(9-11-22)19-26-17-12-20(2)13-18-26/h8-11,20,23H,3-7,12-19H2,1-2H3,(H,25,28). The molecule has 2 aliphatic heterocycles. The van der Waals surface area contributed by atoms with Crippen LogP contribution in [0.15, 0.2) is 24.3 Å². The van der Waals surface area contributed by atoms with Crippen LogP contribution in [0.3, 0.4) is 0 Å². The molecule has 4 nitrogen and oxygen atoms in total. The minimum Gasteiger partial charge on any atom is -0.352 e. The molecular formula is C24H39N3O. The highest BCUT2D eigenvalue weighted by Gasteiger charge is 2.20. The summed E-state index contributed by atoms with van der Waals surface area (Å²) in [5, 5.41) is 3.10. The van der Waals surface area contributed by atoms with Gasteiger partial charge in [0.05, 0.1) is 0 Å². The van der Waals surface area contributed by atoms with Crippen molar-refractivity contribution in [3.63, 3.8) is 0 Å². The molecule has 2 heterocycles. The van der Waals surface area contributed by atoms with Crippen molar-refractivity contribution in [3.8, 4) is 0 Å². The molecule has 1 aromatic rings. The van der Waals surface area contributed by atoms with E-state index in [4.69, 9.17) is 0 Å². The number of amides is 1. The first kappa shape index (κ1) is 21.3. The summed E-state index contributed by atoms with van der Waals surface area (Å²) >= 11 is 0. The van der Waals surface area contributed by atoms with Crippen LogP contribution in [-0.2, 0) is 6.54 Å². The van der Waals surface area contributed by atoms with Crippen LogP contribution in [0.2, 0.25) is 0 Å². The van der Waals surface area contributed by atoms with E-state index in [1.165, 1.54) is 63.7 Å². The summed E-state index contributed by atoms with van der Waals surface area (Å²) in [4.78, 5) is 17.6. The second-order valence-electron chi connectivity index (χ2n) is 8.86. The third-order valence-corrected chi connectivity index (χ3v) is 6.63. The molecule has 1 amide bonds. The fraction of sp³-hybridized carbons (Fsp3) is 0.708. The highest BCUT2D eigenvalue weighted by molar-refractivity contribution is 5.94. The predicted molar refractivity (Wildman–Crippen MR) is 117 cm³/mol. The van der Waals surface area contributed by atoms with E-state index in [1.54, 1.807) is 0 Å². The monoisotopic (exact) mass is 385 g/mol. The van der Waals surface area contributed by atoms with Gasteiger partial charge in [0.2, 0.25) is 0 Å². The molecule has 0 spiro atoms. The molecule has 2 saturated heterocycles. The molecule has 1 N–H and O–H groups in total. The third kappa shape index (κ3) is 6.31. The molecule has 1 unspecified atom stereocenters. The molecule has 0 bridgehead atoms. The Bertz CT molecular complexity index is 592. The van der Waals surface area contributed by atoms with Gasteiger partial charge in [-0.25, -0.2) is 0 Å². The summed E-state index contributed by atoms with van der Waals surface area (Å²) in [6.45, 7) is 11.1. The molecular weight excluding hydrogens is 346 g/mol. The van der Waals surface area contributed by atoms with Gasteiger partial charge in [0.15, 0.2) is 0 Å². The number of likely N-dealkylation sites (tertiary alicyclic amines) is 2. The summed E-state index contributed by atoms with van der Waals surface area (Å²) in [5.74, 6) is 0.925. The lowest BCUT2D eigenvalue weighted by atomic mass is 9.99. The van der Waals surface area contributed by atoms with Gasteiger partial charge in [-0.15, -0.1) is 0 Å². The molecule has 0 aliphatic carbocycles. The van der Waals surface area contributed by atoms with Crippen LogP contribution < -0.4 is 5.32 Å². The van der Waals surface area contributed by atoms with Gasteiger partial charge < -0.3 is 10.2 Å². The van der Waals surface area contributed by atoms with Gasteiger partial charge in [0.1, 0.15) is 0 Å². The van der Waals surface area contributed by atoms with E-state index in [0.29, 0.717) is 0 Å². The number of hydrogen-bond donors (Lipinski definition) is 1. The van der Waals surface area contributed by atoms with E-state index >= 15 is 0 Å². The van der Waals surface area contributed by atoms with Crippen molar-refractivity contribution in [1.82, 2.24) is 15.1 Å². The second kappa shape index (κ2) is 11.0. The van der Waals surface area contributed by atoms with E-state index in [9.17, 15) is 4.79 Å². The fourth-order valence-electron chi connectivity index (χ4n) is 4.64. The Balaban J connectivity index is 1.37. The summed E-state index contributed by atoms with van der Waals surface area (Å²) < 4.78 is 0. The van der Waals surface area contributed by atoms with Crippen molar-refractivity contribution in [2.24, 2.45) is 5.92 Å². The number of piperidine rings is 2. The molecule has 4 heteroatoms. The minimum atomic E-state index is 0.0593. The maximum Gasteiger partial charge on any atom is 0.251 e. The first-order valence-corrected chi connectivity index (χ1v) is 11.5. The zero-order valence-corrected chi connectivity index (χ0v) is 18.0. The summed E-state index contributed by atoms with van der Waals surface area (Å²) in [7, 11) is 0. The molecule has 156 valence electrons. The average molecular weight is 386 g/mol. The molecule has 1 atom stereocenters. The van der Waals surface area contributed by atoms with Crippen molar-refractivity contribution in [3.05, 3.63) is 35.4 Å². The first-order chi connectivity index (χ1) is 13.7. The third-order valence-electron chi connectivity index (χ3n) is 6.63. The van der Waals surface area contributed by atoms with Crippen LogP contribution in [0.4, 0.5) is 0 Å². The Morgan fingerprint density at radius 1 is 1.07 bits per heavy atom. The normalized spacial score (nSPS) is 22.3. The van der Waals surface area contributed by atoms with E-state index in [1.807, 2.05) is 12.1 Å². The Morgan fingerprint density at radius 3 is 2.54 bits per heavy atom. The maximum absolute atomic E-state index is 12.4. The molecule has 0 saturated carbocycles. The fourth-order valence-corrected chi connectivity index (χ4v) is 4.64. The largest absolute Gasteiger partial charge is 0.352 e. The van der Waals surface area contributed by atoms with Crippen LogP contribution in [0.5, 0.6) is 0 Å². The summed E-state index contributed by atoms with van der Waals surface area (Å²) in [6, 6.07) is 8.95. The summed E-state index contributed by atoms with van der Waals surface area (Å²) in [6.07, 6.45) is 8.92. The Kier molecular flexibility index (Phi) is 8.35. The highest BCUT2D eigenvalue weighted by atomic mass is 16.1. The number of nitrogens with zero attached hydrogens (tertiary/aromatic N) is 2. The van der Waals surface area contributed by atoms with Crippen LogP contribution in [0.1, 0.15) is 74.7 Å². The lowest BCUT2D eigenvalue weighted by Crippen LogP contribution is -2.40. The quantitative estimate of drug-likeness (QED) is 0.678.